The fraction of sp³-hybridized carbons (Fsp3) is 0.133. The lowest BCUT2D eigenvalue weighted by molar-refractivity contribution is 0.112. The molecule has 0 aliphatic heterocycles. The maximum Gasteiger partial charge on any atom is 0.150 e. The molecule has 0 saturated heterocycles. The fourth-order valence-corrected chi connectivity index (χ4v) is 2.49. The van der Waals surface area contributed by atoms with Crippen molar-refractivity contribution in [2.24, 2.45) is 0 Å². The van der Waals surface area contributed by atoms with Gasteiger partial charge in [-0.1, -0.05) is 18.2 Å². The Bertz CT molecular complexity index is 684. The molecule has 3 heteroatoms. The highest BCUT2D eigenvalue weighted by atomic mass is 16.3. The highest BCUT2D eigenvalue weighted by Gasteiger charge is 2.19. The topological polar surface area (TPSA) is 57.5 Å². The number of phenolic OH excluding ortho intramolecular Hbond substituents is 2. The van der Waals surface area contributed by atoms with Gasteiger partial charge in [0.1, 0.15) is 17.8 Å². The number of phenols is 2. The summed E-state index contributed by atoms with van der Waals surface area (Å²) < 4.78 is 0. The summed E-state index contributed by atoms with van der Waals surface area (Å²) in [5.41, 5.74) is 2.02. The van der Waals surface area contributed by atoms with Gasteiger partial charge >= 0.3 is 0 Å². The first-order valence-electron chi connectivity index (χ1n) is 5.82. The molecule has 1 aliphatic rings. The molecule has 0 heterocycles. The first kappa shape index (κ1) is 10.8. The van der Waals surface area contributed by atoms with E-state index in [9.17, 15) is 15.0 Å². The van der Waals surface area contributed by atoms with Crippen LogP contribution >= 0.6 is 0 Å². The van der Waals surface area contributed by atoms with E-state index in [2.05, 4.69) is 0 Å². The first-order valence-corrected chi connectivity index (χ1v) is 5.82. The summed E-state index contributed by atoms with van der Waals surface area (Å²) in [6.07, 6.45) is 5.91. The van der Waals surface area contributed by atoms with Gasteiger partial charge in [-0.3, -0.25) is 4.79 Å². The van der Waals surface area contributed by atoms with Gasteiger partial charge in [-0.25, -0.2) is 0 Å². The molecule has 0 bridgehead atoms. The average molecular weight is 240 g/mol. The number of fused-ring (bicyclic) bond motifs is 2. The van der Waals surface area contributed by atoms with Gasteiger partial charge in [0.05, 0.1) is 0 Å². The van der Waals surface area contributed by atoms with Gasteiger partial charge in [0, 0.05) is 27.5 Å². The van der Waals surface area contributed by atoms with Crippen LogP contribution in [-0.4, -0.2) is 16.5 Å². The Kier molecular flexibility index (Phi) is 2.33. The van der Waals surface area contributed by atoms with Crippen LogP contribution in [-0.2, 0) is 12.8 Å². The van der Waals surface area contributed by atoms with Crippen LogP contribution in [0.3, 0.4) is 0 Å². The molecule has 3 nitrogen and oxygen atoms in total. The average Bonchev–Trinajstić information content (AvgIpc) is 2.44. The number of carbonyl (C=O) groups is 1. The summed E-state index contributed by atoms with van der Waals surface area (Å²) in [6, 6.07) is 4.92. The van der Waals surface area contributed by atoms with E-state index in [0.29, 0.717) is 29.2 Å². The van der Waals surface area contributed by atoms with Crippen LogP contribution in [0.4, 0.5) is 0 Å². The summed E-state index contributed by atoms with van der Waals surface area (Å²) in [7, 11) is 0. The molecular weight excluding hydrogens is 228 g/mol. The van der Waals surface area contributed by atoms with E-state index < -0.39 is 0 Å². The molecule has 2 N–H and O–H groups in total. The molecule has 0 aromatic heterocycles. The van der Waals surface area contributed by atoms with Crippen LogP contribution in [0.2, 0.25) is 0 Å². The summed E-state index contributed by atoms with van der Waals surface area (Å²) in [5, 5.41) is 21.7. The molecule has 0 fully saturated rings. The smallest absolute Gasteiger partial charge is 0.150 e. The Morgan fingerprint density at radius 2 is 1.56 bits per heavy atom. The van der Waals surface area contributed by atoms with E-state index in [4.69, 9.17) is 0 Å². The zero-order valence-electron chi connectivity index (χ0n) is 9.68. The second-order valence-corrected chi connectivity index (χ2v) is 4.46. The lowest BCUT2D eigenvalue weighted by atomic mass is 9.90. The summed E-state index contributed by atoms with van der Waals surface area (Å²) >= 11 is 0. The molecule has 18 heavy (non-hydrogen) atoms. The van der Waals surface area contributed by atoms with Crippen molar-refractivity contribution >= 4 is 17.1 Å². The Hall–Kier alpha value is -2.29. The molecule has 0 saturated carbocycles. The zero-order valence-corrected chi connectivity index (χ0v) is 9.68. The lowest BCUT2D eigenvalue weighted by Crippen LogP contribution is -1.99. The van der Waals surface area contributed by atoms with Crippen molar-refractivity contribution in [2.75, 3.05) is 0 Å². The number of rotatable bonds is 1. The Morgan fingerprint density at radius 1 is 0.944 bits per heavy atom. The quantitative estimate of drug-likeness (QED) is 0.458. The maximum absolute atomic E-state index is 10.8. The van der Waals surface area contributed by atoms with Crippen molar-refractivity contribution in [3.05, 3.63) is 47.0 Å². The summed E-state index contributed by atoms with van der Waals surface area (Å²) in [5.74, 6) is 0.380. The monoisotopic (exact) mass is 240 g/mol. The summed E-state index contributed by atoms with van der Waals surface area (Å²) in [4.78, 5) is 10.8. The lowest BCUT2D eigenvalue weighted by Gasteiger charge is -2.17. The third-order valence-electron chi connectivity index (χ3n) is 3.44. The molecule has 2 aromatic carbocycles. The van der Waals surface area contributed by atoms with Crippen LogP contribution in [0.25, 0.3) is 10.8 Å². The van der Waals surface area contributed by atoms with E-state index in [0.717, 1.165) is 17.4 Å². The predicted molar refractivity (Wildman–Crippen MR) is 69.2 cm³/mol. The molecule has 0 spiro atoms. The second kappa shape index (κ2) is 3.88. The Morgan fingerprint density at radius 3 is 2.17 bits per heavy atom. The Balaban J connectivity index is 2.42. The van der Waals surface area contributed by atoms with Crippen LogP contribution in [0, 0.1) is 0 Å². The van der Waals surface area contributed by atoms with Gasteiger partial charge in [-0.05, 0) is 25.0 Å². The third-order valence-corrected chi connectivity index (χ3v) is 3.44. The maximum atomic E-state index is 10.8. The van der Waals surface area contributed by atoms with Gasteiger partial charge in [0.15, 0.2) is 0 Å². The van der Waals surface area contributed by atoms with Crippen molar-refractivity contribution in [1.82, 2.24) is 0 Å². The third kappa shape index (κ3) is 1.40. The molecule has 0 amide bonds. The molecule has 0 radical (unpaired) electrons. The minimum atomic E-state index is 0.172. The zero-order chi connectivity index (χ0) is 12.7. The normalized spacial score (nSPS) is 13.6. The molecular formula is C15H12O3. The van der Waals surface area contributed by atoms with Crippen LogP contribution in [0.15, 0.2) is 30.4 Å². The second-order valence-electron chi connectivity index (χ2n) is 4.46. The number of aromatic hydroxyl groups is 2. The van der Waals surface area contributed by atoms with Gasteiger partial charge in [0.25, 0.3) is 0 Å². The SMILES string of the molecule is O=Cc1ccc2c(O)c3c(c(O)c2c1)CC=CC3. The van der Waals surface area contributed by atoms with Gasteiger partial charge in [0.2, 0.25) is 0 Å². The highest BCUT2D eigenvalue weighted by molar-refractivity contribution is 5.98. The molecule has 1 aliphatic carbocycles. The number of allylic oxidation sites excluding steroid dienone is 2. The van der Waals surface area contributed by atoms with Crippen molar-refractivity contribution in [2.45, 2.75) is 12.8 Å². The van der Waals surface area contributed by atoms with Gasteiger partial charge < -0.3 is 10.2 Å². The number of aldehydes is 1. The van der Waals surface area contributed by atoms with Crippen molar-refractivity contribution in [1.29, 1.82) is 0 Å². The van der Waals surface area contributed by atoms with Gasteiger partial charge in [-0.2, -0.15) is 0 Å². The van der Waals surface area contributed by atoms with E-state index in [1.54, 1.807) is 18.2 Å². The molecule has 0 atom stereocenters. The van der Waals surface area contributed by atoms with Crippen LogP contribution in [0.5, 0.6) is 11.5 Å². The minimum absolute atomic E-state index is 0.172. The standard InChI is InChI=1S/C15H12O3/c16-8-9-5-6-12-13(7-9)15(18)11-4-2-1-3-10(11)14(12)17/h1-2,5-8,17-18H,3-4H2. The number of benzene rings is 2. The van der Waals surface area contributed by atoms with Crippen molar-refractivity contribution in [3.8, 4) is 11.5 Å². The number of carbonyl (C=O) groups excluding carboxylic acids is 1. The molecule has 90 valence electrons. The predicted octanol–water partition coefficient (Wildman–Crippen LogP) is 2.72. The van der Waals surface area contributed by atoms with Crippen LogP contribution < -0.4 is 0 Å². The fourth-order valence-electron chi connectivity index (χ4n) is 2.49. The number of hydrogen-bond acceptors (Lipinski definition) is 3. The van der Waals surface area contributed by atoms with E-state index >= 15 is 0 Å². The summed E-state index contributed by atoms with van der Waals surface area (Å²) in [6.45, 7) is 0. The van der Waals surface area contributed by atoms with E-state index in [1.165, 1.54) is 0 Å². The molecule has 3 rings (SSSR count). The van der Waals surface area contributed by atoms with Gasteiger partial charge in [-0.15, -0.1) is 0 Å². The first-order chi connectivity index (χ1) is 8.72. The Labute approximate surface area is 104 Å². The molecule has 2 aromatic rings. The van der Waals surface area contributed by atoms with Crippen molar-refractivity contribution < 1.29 is 15.0 Å². The number of hydrogen-bond donors (Lipinski definition) is 2. The van der Waals surface area contributed by atoms with Crippen molar-refractivity contribution in [3.63, 3.8) is 0 Å². The molecule has 0 unspecified atom stereocenters. The minimum Gasteiger partial charge on any atom is -0.507 e. The highest BCUT2D eigenvalue weighted by Crippen LogP contribution is 2.41. The van der Waals surface area contributed by atoms with E-state index in [-0.39, 0.29) is 11.5 Å². The largest absolute Gasteiger partial charge is 0.507 e. The van der Waals surface area contributed by atoms with Crippen LogP contribution in [0.1, 0.15) is 21.5 Å². The van der Waals surface area contributed by atoms with E-state index in [1.807, 2.05) is 12.2 Å².